The number of hydrogen-bond donors (Lipinski definition) is 1. The summed E-state index contributed by atoms with van der Waals surface area (Å²) in [6, 6.07) is 15.6. The van der Waals surface area contributed by atoms with E-state index in [1.807, 2.05) is 4.90 Å². The molecular weight excluding hydrogens is 260 g/mol. The molecule has 1 N–H and O–H groups in total. The van der Waals surface area contributed by atoms with Gasteiger partial charge in [0.05, 0.1) is 0 Å². The Morgan fingerprint density at radius 3 is 2.57 bits per heavy atom. The molecule has 110 valence electrons. The summed E-state index contributed by atoms with van der Waals surface area (Å²) < 4.78 is 0. The van der Waals surface area contributed by atoms with Crippen molar-refractivity contribution < 1.29 is 4.79 Å². The predicted octanol–water partition coefficient (Wildman–Crippen LogP) is 2.94. The SMILES string of the molecule is CC(=O)N1CCC(NCc2ccc3ccccc3c2)CC1. The van der Waals surface area contributed by atoms with Crippen LogP contribution in [-0.4, -0.2) is 29.9 Å². The van der Waals surface area contributed by atoms with Gasteiger partial charge in [0.25, 0.3) is 0 Å². The van der Waals surface area contributed by atoms with E-state index in [2.05, 4.69) is 47.8 Å². The summed E-state index contributed by atoms with van der Waals surface area (Å²) in [5.74, 6) is 0.197. The number of benzene rings is 2. The van der Waals surface area contributed by atoms with Gasteiger partial charge in [-0.25, -0.2) is 0 Å². The summed E-state index contributed by atoms with van der Waals surface area (Å²) >= 11 is 0. The smallest absolute Gasteiger partial charge is 0.219 e. The van der Waals surface area contributed by atoms with Gasteiger partial charge in [0.1, 0.15) is 0 Å². The van der Waals surface area contributed by atoms with E-state index >= 15 is 0 Å². The van der Waals surface area contributed by atoms with Gasteiger partial charge in [0, 0.05) is 32.6 Å². The Hall–Kier alpha value is -1.87. The van der Waals surface area contributed by atoms with Crippen LogP contribution in [0.1, 0.15) is 25.3 Å². The minimum Gasteiger partial charge on any atom is -0.343 e. The number of nitrogens with zero attached hydrogens (tertiary/aromatic N) is 1. The van der Waals surface area contributed by atoms with Gasteiger partial charge in [0.2, 0.25) is 5.91 Å². The van der Waals surface area contributed by atoms with E-state index in [0.29, 0.717) is 6.04 Å². The molecule has 1 fully saturated rings. The average Bonchev–Trinajstić information content (AvgIpc) is 2.53. The lowest BCUT2D eigenvalue weighted by Crippen LogP contribution is -2.43. The number of carbonyl (C=O) groups excluding carboxylic acids is 1. The van der Waals surface area contributed by atoms with E-state index in [1.165, 1.54) is 16.3 Å². The highest BCUT2D eigenvalue weighted by atomic mass is 16.2. The Kier molecular flexibility index (Phi) is 4.20. The molecule has 0 aliphatic carbocycles. The summed E-state index contributed by atoms with van der Waals surface area (Å²) in [6.07, 6.45) is 2.10. The Bertz CT molecular complexity index is 630. The number of carbonyl (C=O) groups is 1. The highest BCUT2D eigenvalue weighted by Gasteiger charge is 2.19. The number of hydrogen-bond acceptors (Lipinski definition) is 2. The maximum absolute atomic E-state index is 11.3. The zero-order chi connectivity index (χ0) is 14.7. The molecule has 0 radical (unpaired) electrons. The number of nitrogens with one attached hydrogen (secondary N) is 1. The molecular formula is C18H22N2O. The molecule has 0 saturated carbocycles. The Morgan fingerprint density at radius 2 is 1.86 bits per heavy atom. The minimum absolute atomic E-state index is 0.197. The first-order chi connectivity index (χ1) is 10.2. The van der Waals surface area contributed by atoms with Gasteiger partial charge in [-0.1, -0.05) is 36.4 Å². The number of likely N-dealkylation sites (tertiary alicyclic amines) is 1. The van der Waals surface area contributed by atoms with E-state index < -0.39 is 0 Å². The first kappa shape index (κ1) is 14.1. The number of amides is 1. The van der Waals surface area contributed by atoms with Crippen molar-refractivity contribution in [2.24, 2.45) is 0 Å². The van der Waals surface area contributed by atoms with Gasteiger partial charge in [-0.15, -0.1) is 0 Å². The first-order valence-corrected chi connectivity index (χ1v) is 7.69. The number of fused-ring (bicyclic) bond motifs is 1. The molecule has 0 bridgehead atoms. The van der Waals surface area contributed by atoms with Crippen LogP contribution in [0.4, 0.5) is 0 Å². The van der Waals surface area contributed by atoms with Crippen molar-refractivity contribution in [3.05, 3.63) is 48.0 Å². The molecule has 1 saturated heterocycles. The summed E-state index contributed by atoms with van der Waals surface area (Å²) in [5.41, 5.74) is 1.32. The van der Waals surface area contributed by atoms with Crippen molar-refractivity contribution in [2.75, 3.05) is 13.1 Å². The summed E-state index contributed by atoms with van der Waals surface area (Å²) in [7, 11) is 0. The van der Waals surface area contributed by atoms with Crippen molar-refractivity contribution in [3.8, 4) is 0 Å². The minimum atomic E-state index is 0.197. The molecule has 0 spiro atoms. The van der Waals surface area contributed by atoms with Crippen LogP contribution >= 0.6 is 0 Å². The molecule has 1 aliphatic rings. The first-order valence-electron chi connectivity index (χ1n) is 7.69. The van der Waals surface area contributed by atoms with Crippen molar-refractivity contribution >= 4 is 16.7 Å². The van der Waals surface area contributed by atoms with Gasteiger partial charge >= 0.3 is 0 Å². The molecule has 2 aromatic carbocycles. The van der Waals surface area contributed by atoms with Crippen molar-refractivity contribution in [2.45, 2.75) is 32.4 Å². The molecule has 0 atom stereocenters. The van der Waals surface area contributed by atoms with E-state index in [4.69, 9.17) is 0 Å². The normalized spacial score (nSPS) is 16.3. The van der Waals surface area contributed by atoms with Crippen LogP contribution in [0.2, 0.25) is 0 Å². The molecule has 1 aliphatic heterocycles. The van der Waals surface area contributed by atoms with E-state index in [9.17, 15) is 4.79 Å². The number of piperidine rings is 1. The topological polar surface area (TPSA) is 32.3 Å². The van der Waals surface area contributed by atoms with Gasteiger partial charge in [-0.3, -0.25) is 4.79 Å². The maximum Gasteiger partial charge on any atom is 0.219 e. The molecule has 1 amide bonds. The average molecular weight is 282 g/mol. The summed E-state index contributed by atoms with van der Waals surface area (Å²) in [5, 5.41) is 6.21. The lowest BCUT2D eigenvalue weighted by Gasteiger charge is -2.31. The maximum atomic E-state index is 11.3. The third kappa shape index (κ3) is 3.42. The van der Waals surface area contributed by atoms with Crippen LogP contribution in [-0.2, 0) is 11.3 Å². The molecule has 0 unspecified atom stereocenters. The van der Waals surface area contributed by atoms with E-state index in [1.54, 1.807) is 6.92 Å². The third-order valence-corrected chi connectivity index (χ3v) is 4.35. The lowest BCUT2D eigenvalue weighted by atomic mass is 10.0. The fraction of sp³-hybridized carbons (Fsp3) is 0.389. The fourth-order valence-corrected chi connectivity index (χ4v) is 3.01. The fourth-order valence-electron chi connectivity index (χ4n) is 3.01. The molecule has 2 aromatic rings. The van der Waals surface area contributed by atoms with Crippen molar-refractivity contribution in [1.82, 2.24) is 10.2 Å². The largest absolute Gasteiger partial charge is 0.343 e. The molecule has 3 nitrogen and oxygen atoms in total. The molecule has 21 heavy (non-hydrogen) atoms. The van der Waals surface area contributed by atoms with Crippen LogP contribution < -0.4 is 5.32 Å². The Morgan fingerprint density at radius 1 is 1.14 bits per heavy atom. The second-order valence-corrected chi connectivity index (χ2v) is 5.84. The van der Waals surface area contributed by atoms with Crippen LogP contribution in [0.15, 0.2) is 42.5 Å². The molecule has 1 heterocycles. The molecule has 3 heteroatoms. The standard InChI is InChI=1S/C18H22N2O/c1-14(21)20-10-8-18(9-11-20)19-13-15-6-7-16-4-2-3-5-17(16)12-15/h2-7,12,18-19H,8-11,13H2,1H3. The molecule has 0 aromatic heterocycles. The third-order valence-electron chi connectivity index (χ3n) is 4.35. The van der Waals surface area contributed by atoms with Crippen LogP contribution in [0.5, 0.6) is 0 Å². The lowest BCUT2D eigenvalue weighted by molar-refractivity contribution is -0.129. The second-order valence-electron chi connectivity index (χ2n) is 5.84. The monoisotopic (exact) mass is 282 g/mol. The van der Waals surface area contributed by atoms with Gasteiger partial charge in [-0.05, 0) is 35.2 Å². The Balaban J connectivity index is 1.56. The second kappa shape index (κ2) is 6.27. The van der Waals surface area contributed by atoms with Crippen LogP contribution in [0.25, 0.3) is 10.8 Å². The van der Waals surface area contributed by atoms with Crippen LogP contribution in [0.3, 0.4) is 0 Å². The van der Waals surface area contributed by atoms with Gasteiger partial charge < -0.3 is 10.2 Å². The predicted molar refractivity (Wildman–Crippen MR) is 86.1 cm³/mol. The Labute approximate surface area is 125 Å². The van der Waals surface area contributed by atoms with Crippen LogP contribution in [0, 0.1) is 0 Å². The summed E-state index contributed by atoms with van der Waals surface area (Å²) in [4.78, 5) is 13.3. The highest BCUT2D eigenvalue weighted by Crippen LogP contribution is 2.16. The summed E-state index contributed by atoms with van der Waals surface area (Å²) in [6.45, 7) is 4.31. The van der Waals surface area contributed by atoms with Gasteiger partial charge in [-0.2, -0.15) is 0 Å². The van der Waals surface area contributed by atoms with E-state index in [-0.39, 0.29) is 5.91 Å². The van der Waals surface area contributed by atoms with Crippen molar-refractivity contribution in [3.63, 3.8) is 0 Å². The molecule has 3 rings (SSSR count). The zero-order valence-electron chi connectivity index (χ0n) is 12.5. The quantitative estimate of drug-likeness (QED) is 0.938. The number of rotatable bonds is 3. The zero-order valence-corrected chi connectivity index (χ0v) is 12.5. The van der Waals surface area contributed by atoms with Gasteiger partial charge in [0.15, 0.2) is 0 Å². The highest BCUT2D eigenvalue weighted by molar-refractivity contribution is 5.82. The van der Waals surface area contributed by atoms with Crippen molar-refractivity contribution in [1.29, 1.82) is 0 Å². The van der Waals surface area contributed by atoms with E-state index in [0.717, 1.165) is 32.5 Å².